The summed E-state index contributed by atoms with van der Waals surface area (Å²) in [5.41, 5.74) is 5.12. The zero-order valence-electron chi connectivity index (χ0n) is 11.4. The number of aryl methyl sites for hydroxylation is 2. The van der Waals surface area contributed by atoms with Gasteiger partial charge in [-0.05, 0) is 53.6 Å². The molecule has 1 nitrogen and oxygen atoms in total. The molecular formula is C17H18OS. The van der Waals surface area contributed by atoms with Gasteiger partial charge in [-0.25, -0.2) is 4.21 Å². The van der Waals surface area contributed by atoms with Crippen LogP contribution in [0.25, 0.3) is 0 Å². The lowest BCUT2D eigenvalue weighted by Gasteiger charge is -2.20. The average Bonchev–Trinajstić information content (AvgIpc) is 2.46. The summed E-state index contributed by atoms with van der Waals surface area (Å²) in [6.45, 7) is 4.31. The molecule has 3 rings (SSSR count). The third-order valence-corrected chi connectivity index (χ3v) is 5.44. The average molecular weight is 270 g/mol. The van der Waals surface area contributed by atoms with Crippen LogP contribution in [-0.2, 0) is 30.1 Å². The molecule has 19 heavy (non-hydrogen) atoms. The van der Waals surface area contributed by atoms with E-state index in [1.807, 2.05) is 12.1 Å². The minimum atomic E-state index is -1.01. The van der Waals surface area contributed by atoms with Crippen LogP contribution in [0.15, 0.2) is 46.2 Å². The van der Waals surface area contributed by atoms with Gasteiger partial charge in [0.25, 0.3) is 0 Å². The summed E-state index contributed by atoms with van der Waals surface area (Å²) >= 11 is 0. The van der Waals surface area contributed by atoms with Crippen LogP contribution in [0.3, 0.4) is 0 Å². The molecule has 0 amide bonds. The Hall–Kier alpha value is -1.41. The largest absolute Gasteiger partial charge is 0.249 e. The summed E-state index contributed by atoms with van der Waals surface area (Å²) in [5.74, 6) is 0. The van der Waals surface area contributed by atoms with E-state index in [2.05, 4.69) is 38.1 Å². The Balaban J connectivity index is 2.11. The fourth-order valence-corrected chi connectivity index (χ4v) is 4.03. The van der Waals surface area contributed by atoms with E-state index in [9.17, 15) is 4.21 Å². The van der Waals surface area contributed by atoms with Crippen LogP contribution < -0.4 is 0 Å². The first-order chi connectivity index (χ1) is 9.22. The van der Waals surface area contributed by atoms with E-state index >= 15 is 0 Å². The van der Waals surface area contributed by atoms with Crippen molar-refractivity contribution in [2.75, 3.05) is 0 Å². The Labute approximate surface area is 117 Å². The van der Waals surface area contributed by atoms with Gasteiger partial charge in [0.05, 0.1) is 10.8 Å². The first kappa shape index (κ1) is 12.6. The van der Waals surface area contributed by atoms with E-state index in [0.717, 1.165) is 29.1 Å². The van der Waals surface area contributed by atoms with Crippen molar-refractivity contribution in [3.63, 3.8) is 0 Å². The minimum Gasteiger partial charge on any atom is -0.249 e. The highest BCUT2D eigenvalue weighted by Crippen LogP contribution is 2.32. The quantitative estimate of drug-likeness (QED) is 0.690. The summed E-state index contributed by atoms with van der Waals surface area (Å²) in [7, 11) is -1.01. The fraction of sp³-hybridized carbons (Fsp3) is 0.294. The Morgan fingerprint density at radius 2 is 1.37 bits per heavy atom. The standard InChI is InChI=1S/C17H18OS/c1-3-12-5-7-16-14(9-12)11-15-10-13(4-2)6-8-17(15)19(16)18/h5-10H,3-4,11H2,1-2H3. The Bertz CT molecular complexity index is 603. The van der Waals surface area contributed by atoms with Crippen molar-refractivity contribution in [3.8, 4) is 0 Å². The molecule has 0 aromatic heterocycles. The molecule has 2 heteroatoms. The highest BCUT2D eigenvalue weighted by atomic mass is 32.2. The second kappa shape index (κ2) is 4.93. The van der Waals surface area contributed by atoms with Crippen molar-refractivity contribution in [1.29, 1.82) is 0 Å². The molecule has 1 heterocycles. The SMILES string of the molecule is CCc1ccc2c(c1)Cc1cc(CC)ccc1S2=O. The number of rotatable bonds is 2. The molecule has 0 saturated carbocycles. The summed E-state index contributed by atoms with van der Waals surface area (Å²) in [4.78, 5) is 1.99. The third kappa shape index (κ3) is 2.14. The molecular weight excluding hydrogens is 252 g/mol. The molecule has 2 aromatic carbocycles. The molecule has 0 unspecified atom stereocenters. The lowest BCUT2D eigenvalue weighted by Crippen LogP contribution is -2.10. The van der Waals surface area contributed by atoms with Crippen LogP contribution in [0.1, 0.15) is 36.1 Å². The van der Waals surface area contributed by atoms with Gasteiger partial charge in [0.1, 0.15) is 0 Å². The summed E-state index contributed by atoms with van der Waals surface area (Å²) in [5, 5.41) is 0. The number of hydrogen-bond donors (Lipinski definition) is 0. The van der Waals surface area contributed by atoms with Gasteiger partial charge in [0.15, 0.2) is 0 Å². The smallest absolute Gasteiger partial charge is 0.0855 e. The van der Waals surface area contributed by atoms with Gasteiger partial charge < -0.3 is 0 Å². The van der Waals surface area contributed by atoms with Gasteiger partial charge in [-0.3, -0.25) is 0 Å². The van der Waals surface area contributed by atoms with Gasteiger partial charge in [0.2, 0.25) is 0 Å². The molecule has 0 bridgehead atoms. The van der Waals surface area contributed by atoms with Crippen LogP contribution in [-0.4, -0.2) is 4.21 Å². The van der Waals surface area contributed by atoms with Crippen molar-refractivity contribution in [2.45, 2.75) is 42.9 Å². The van der Waals surface area contributed by atoms with Crippen LogP contribution in [0.2, 0.25) is 0 Å². The maximum Gasteiger partial charge on any atom is 0.0855 e. The molecule has 0 N–H and O–H groups in total. The van der Waals surface area contributed by atoms with Crippen molar-refractivity contribution in [3.05, 3.63) is 58.7 Å². The molecule has 0 spiro atoms. The van der Waals surface area contributed by atoms with Crippen molar-refractivity contribution in [1.82, 2.24) is 0 Å². The van der Waals surface area contributed by atoms with Crippen molar-refractivity contribution >= 4 is 10.8 Å². The Kier molecular flexibility index (Phi) is 3.28. The zero-order chi connectivity index (χ0) is 13.4. The van der Waals surface area contributed by atoms with Crippen LogP contribution in [0, 0.1) is 0 Å². The van der Waals surface area contributed by atoms with E-state index in [0.29, 0.717) is 0 Å². The van der Waals surface area contributed by atoms with E-state index < -0.39 is 10.8 Å². The van der Waals surface area contributed by atoms with Gasteiger partial charge >= 0.3 is 0 Å². The van der Waals surface area contributed by atoms with Crippen molar-refractivity contribution < 1.29 is 4.21 Å². The molecule has 1 aliphatic rings. The van der Waals surface area contributed by atoms with Gasteiger partial charge in [-0.1, -0.05) is 38.1 Å². The molecule has 98 valence electrons. The molecule has 0 aliphatic carbocycles. The highest BCUT2D eigenvalue weighted by molar-refractivity contribution is 7.85. The van der Waals surface area contributed by atoms with E-state index in [4.69, 9.17) is 0 Å². The summed E-state index contributed by atoms with van der Waals surface area (Å²) in [6, 6.07) is 12.7. The molecule has 1 aliphatic heterocycles. The number of fused-ring (bicyclic) bond motifs is 2. The maximum absolute atomic E-state index is 12.6. The Morgan fingerprint density at radius 3 is 1.79 bits per heavy atom. The molecule has 2 aromatic rings. The monoisotopic (exact) mass is 270 g/mol. The third-order valence-electron chi connectivity index (χ3n) is 3.85. The summed E-state index contributed by atoms with van der Waals surface area (Å²) in [6.07, 6.45) is 2.97. The number of hydrogen-bond acceptors (Lipinski definition) is 1. The molecule has 0 atom stereocenters. The van der Waals surface area contributed by atoms with Crippen LogP contribution in [0.4, 0.5) is 0 Å². The van der Waals surface area contributed by atoms with Crippen molar-refractivity contribution in [2.24, 2.45) is 0 Å². The molecule has 0 radical (unpaired) electrons. The van der Waals surface area contributed by atoms with Crippen LogP contribution in [0.5, 0.6) is 0 Å². The first-order valence-corrected chi connectivity index (χ1v) is 8.03. The fourth-order valence-electron chi connectivity index (χ4n) is 2.67. The minimum absolute atomic E-state index is 0.915. The van der Waals surface area contributed by atoms with Crippen LogP contribution >= 0.6 is 0 Å². The van der Waals surface area contributed by atoms with Gasteiger partial charge in [0, 0.05) is 9.79 Å². The van der Waals surface area contributed by atoms with E-state index in [-0.39, 0.29) is 0 Å². The van der Waals surface area contributed by atoms with E-state index in [1.54, 1.807) is 0 Å². The normalized spacial score (nSPS) is 14.0. The van der Waals surface area contributed by atoms with E-state index in [1.165, 1.54) is 22.3 Å². The first-order valence-electron chi connectivity index (χ1n) is 6.88. The predicted molar refractivity (Wildman–Crippen MR) is 79.1 cm³/mol. The zero-order valence-corrected chi connectivity index (χ0v) is 12.2. The molecule has 0 fully saturated rings. The second-order valence-electron chi connectivity index (χ2n) is 5.04. The molecule has 0 saturated heterocycles. The Morgan fingerprint density at radius 1 is 0.895 bits per heavy atom. The lowest BCUT2D eigenvalue weighted by atomic mass is 9.99. The number of benzene rings is 2. The highest BCUT2D eigenvalue weighted by Gasteiger charge is 2.22. The van der Waals surface area contributed by atoms with Gasteiger partial charge in [-0.15, -0.1) is 0 Å². The second-order valence-corrected chi connectivity index (χ2v) is 6.45. The lowest BCUT2D eigenvalue weighted by molar-refractivity contribution is 0.679. The topological polar surface area (TPSA) is 17.1 Å². The van der Waals surface area contributed by atoms with Gasteiger partial charge in [-0.2, -0.15) is 0 Å². The summed E-state index contributed by atoms with van der Waals surface area (Å²) < 4.78 is 12.6. The maximum atomic E-state index is 12.6. The predicted octanol–water partition coefficient (Wildman–Crippen LogP) is 3.88.